The summed E-state index contributed by atoms with van der Waals surface area (Å²) in [4.78, 5) is 0. The fourth-order valence-electron chi connectivity index (χ4n) is 0. The van der Waals surface area contributed by atoms with E-state index >= 15 is 0 Å². The molecule has 0 aliphatic heterocycles. The largest absolute Gasteiger partial charge is 0.457 e. The Morgan fingerprint density at radius 1 is 0.273 bits per heavy atom. The summed E-state index contributed by atoms with van der Waals surface area (Å²) in [7, 11) is 0. The Balaban J connectivity index is 0. The quantitative estimate of drug-likeness (QED) is 0.189. The van der Waals surface area contributed by atoms with Crippen molar-refractivity contribution >= 4 is 0 Å². The average molecular weight is 729 g/mol. The van der Waals surface area contributed by atoms with Crippen LogP contribution in [0.15, 0.2) is 0 Å². The second-order valence-corrected chi connectivity index (χ2v) is 0. The van der Waals surface area contributed by atoms with E-state index in [1.165, 1.54) is 0 Å². The van der Waals surface area contributed by atoms with Crippen LogP contribution in [0, 0.1) is 0 Å². The van der Waals surface area contributed by atoms with Gasteiger partial charge in [0.25, 0.3) is 0 Å². The van der Waals surface area contributed by atoms with Gasteiger partial charge in [0.15, 0.2) is 0 Å². The van der Waals surface area contributed by atoms with Gasteiger partial charge in [-0.05, 0) is 0 Å². The second kappa shape index (κ2) is 445. The predicted molar refractivity (Wildman–Crippen MR) is 39.6 cm³/mol. The Morgan fingerprint density at radius 2 is 0.273 bits per heavy atom. The van der Waals surface area contributed by atoms with Crippen LogP contribution in [0.25, 0.3) is 0 Å². The normalized spacial score (nSPS) is 0. The Morgan fingerprint density at radius 3 is 0.273 bits per heavy atom. The number of rotatable bonds is 0. The van der Waals surface area contributed by atoms with Crippen LogP contribution in [0.5, 0.6) is 0 Å². The minimum absolute atomic E-state index is 0. The van der Waals surface area contributed by atoms with Crippen molar-refractivity contribution in [1.29, 1.82) is 0 Å². The van der Waals surface area contributed by atoms with Gasteiger partial charge in [0.2, 0.25) is 0 Å². The van der Waals surface area contributed by atoms with Crippen molar-refractivity contribution in [1.82, 2.24) is 24.6 Å². The van der Waals surface area contributed by atoms with Gasteiger partial charge in [-0.15, -0.1) is 0 Å². The van der Waals surface area contributed by atoms with E-state index in [0.717, 1.165) is 0 Å². The van der Waals surface area contributed by atoms with Crippen LogP contribution in [-0.2, 0) is 85.1 Å². The van der Waals surface area contributed by atoms with E-state index in [1.807, 2.05) is 0 Å². The van der Waals surface area contributed by atoms with Gasteiger partial charge in [-0.25, -0.2) is 0 Å². The van der Waals surface area contributed by atoms with Crippen LogP contribution in [-0.4, -0.2) is 0 Å². The second-order valence-electron chi connectivity index (χ2n) is 0. The molecule has 0 bridgehead atoms. The molecule has 0 aliphatic rings. The van der Waals surface area contributed by atoms with Gasteiger partial charge in [-0.2, -0.15) is 0 Å². The molecule has 11 heavy (non-hydrogen) atoms. The third kappa shape index (κ3) is 366. The molecular formula is H24N4O4Pt3+4. The molecule has 0 aliphatic carbocycles. The standard InChI is InChI=1S/4H3N.4H2O.3Pt/h4*1H3;4*1H2;;;/p+4. The molecular weight excluding hydrogens is 705 g/mol. The van der Waals surface area contributed by atoms with Gasteiger partial charge in [0.1, 0.15) is 0 Å². The van der Waals surface area contributed by atoms with E-state index < -0.39 is 0 Å². The zero-order chi connectivity index (χ0) is 0. The van der Waals surface area contributed by atoms with Gasteiger partial charge >= 0.3 is 0 Å². The summed E-state index contributed by atoms with van der Waals surface area (Å²) >= 11 is 0. The van der Waals surface area contributed by atoms with Crippen molar-refractivity contribution in [2.75, 3.05) is 0 Å². The molecule has 0 saturated heterocycles. The summed E-state index contributed by atoms with van der Waals surface area (Å²) in [6.07, 6.45) is 0. The van der Waals surface area contributed by atoms with Crippen LogP contribution in [0.1, 0.15) is 0 Å². The third-order valence-corrected chi connectivity index (χ3v) is 0. The Hall–Kier alpha value is 1.74. The van der Waals surface area contributed by atoms with Crippen LogP contribution in [0.4, 0.5) is 0 Å². The van der Waals surface area contributed by atoms with E-state index in [4.69, 9.17) is 0 Å². The Labute approximate surface area is 109 Å². The molecule has 0 heterocycles. The van der Waals surface area contributed by atoms with Gasteiger partial charge in [-0.3, -0.25) is 0 Å². The summed E-state index contributed by atoms with van der Waals surface area (Å²) in [6, 6.07) is 0. The molecule has 0 aromatic heterocycles. The van der Waals surface area contributed by atoms with Gasteiger partial charge < -0.3 is 46.5 Å². The molecule has 94 valence electrons. The van der Waals surface area contributed by atoms with E-state index in [9.17, 15) is 0 Å². The molecule has 0 fully saturated rings. The number of hydrogen-bond donors (Lipinski definition) is 4. The Bertz CT molecular complexity index is 17.3. The minimum Gasteiger partial charge on any atom is -0.457 e. The van der Waals surface area contributed by atoms with Gasteiger partial charge in [-0.1, -0.05) is 0 Å². The summed E-state index contributed by atoms with van der Waals surface area (Å²) in [5.41, 5.74) is 0. The summed E-state index contributed by atoms with van der Waals surface area (Å²) in [5, 5.41) is 0. The molecule has 8 nitrogen and oxygen atoms in total. The topological polar surface area (TPSA) is 272 Å². The Kier molecular flexibility index (Phi) is 23400. The fraction of sp³-hybridized carbons (Fsp3) is 0. The molecule has 0 unspecified atom stereocenters. The molecule has 0 radical (unpaired) electrons. The van der Waals surface area contributed by atoms with Gasteiger partial charge in [0.05, 0.1) is 0 Å². The van der Waals surface area contributed by atoms with E-state index in [1.54, 1.807) is 0 Å². The maximum atomic E-state index is 0. The summed E-state index contributed by atoms with van der Waals surface area (Å²) in [6.45, 7) is 0. The molecule has 0 aromatic rings. The first-order valence-corrected chi connectivity index (χ1v) is 0. The van der Waals surface area contributed by atoms with Crippen molar-refractivity contribution in [2.24, 2.45) is 0 Å². The SMILES string of the molecule is N.N.N.N.[OH3+].[OH3+].[OH3+].[OH3+].[Pt].[Pt].[Pt]. The molecule has 0 aromatic carbocycles. The first-order chi connectivity index (χ1) is 0. The molecule has 0 saturated carbocycles. The minimum atomic E-state index is 0. The van der Waals surface area contributed by atoms with Crippen LogP contribution in [0.2, 0.25) is 0 Å². The molecule has 0 rings (SSSR count). The number of hydrogen-bond acceptors (Lipinski definition) is 4. The zero-order valence-corrected chi connectivity index (χ0v) is 12.9. The van der Waals surface area contributed by atoms with Crippen molar-refractivity contribution in [3.05, 3.63) is 0 Å². The van der Waals surface area contributed by atoms with E-state index in [0.29, 0.717) is 0 Å². The third-order valence-electron chi connectivity index (χ3n) is 0. The van der Waals surface area contributed by atoms with Crippen molar-refractivity contribution < 1.29 is 85.1 Å². The molecule has 0 amide bonds. The summed E-state index contributed by atoms with van der Waals surface area (Å²) in [5.74, 6) is 0. The van der Waals surface area contributed by atoms with Crippen molar-refractivity contribution in [3.63, 3.8) is 0 Å². The van der Waals surface area contributed by atoms with Crippen LogP contribution in [0.3, 0.4) is 0 Å². The maximum absolute atomic E-state index is 0. The molecule has 0 atom stereocenters. The van der Waals surface area contributed by atoms with E-state index in [-0.39, 0.29) is 110 Å². The first-order valence-electron chi connectivity index (χ1n) is 0. The first kappa shape index (κ1) is 577. The van der Waals surface area contributed by atoms with E-state index in [2.05, 4.69) is 0 Å². The zero-order valence-electron chi connectivity index (χ0n) is 6.09. The smallest absolute Gasteiger partial charge is 0 e. The fourth-order valence-corrected chi connectivity index (χ4v) is 0. The van der Waals surface area contributed by atoms with Crippen LogP contribution < -0.4 is 24.6 Å². The predicted octanol–water partition coefficient (Wildman–Crippen LogP) is -3.05. The monoisotopic (exact) mass is 729 g/mol. The maximum Gasteiger partial charge on any atom is 0 e. The van der Waals surface area contributed by atoms with Crippen molar-refractivity contribution in [3.8, 4) is 0 Å². The van der Waals surface area contributed by atoms with Gasteiger partial charge in [0, 0.05) is 63.2 Å². The molecule has 11 heteroatoms. The summed E-state index contributed by atoms with van der Waals surface area (Å²) < 4.78 is 0. The average Bonchev–Trinajstić information content (AvgIpc) is 0. The van der Waals surface area contributed by atoms with Crippen LogP contribution >= 0.6 is 0 Å². The molecule has 24 N–H and O–H groups in total. The molecule has 0 spiro atoms. The van der Waals surface area contributed by atoms with Crippen molar-refractivity contribution in [2.45, 2.75) is 0 Å².